The van der Waals surface area contributed by atoms with Crippen LogP contribution in [0.25, 0.3) is 0 Å². The average molecular weight is 515 g/mol. The number of β-amino-alcohol motifs (C(OH)–C–C–N with tert-alkyl or cyclic N) is 1. The molecule has 2 heterocycles. The summed E-state index contributed by atoms with van der Waals surface area (Å²) in [4.78, 5) is 37.5. The van der Waals surface area contributed by atoms with E-state index in [2.05, 4.69) is 65.9 Å². The summed E-state index contributed by atoms with van der Waals surface area (Å²) < 4.78 is 0. The maximum Gasteiger partial charge on any atom is 0.243 e. The Morgan fingerprint density at radius 2 is 1.81 bits per heavy atom. The van der Waals surface area contributed by atoms with E-state index in [1.165, 1.54) is 24.8 Å². The van der Waals surface area contributed by atoms with E-state index in [9.17, 15) is 14.4 Å². The largest absolute Gasteiger partial charge is 0.392 e. The van der Waals surface area contributed by atoms with Gasteiger partial charge in [-0.25, -0.2) is 0 Å². The van der Waals surface area contributed by atoms with Crippen molar-refractivity contribution in [1.29, 1.82) is 0 Å². The van der Waals surface area contributed by atoms with Gasteiger partial charge in [-0.3, -0.25) is 9.59 Å². The predicted octanol–water partition coefficient (Wildman–Crippen LogP) is 2.67. The first kappa shape index (κ1) is 29.1. The van der Waals surface area contributed by atoms with Crippen LogP contribution in [-0.2, 0) is 19.8 Å². The van der Waals surface area contributed by atoms with Crippen molar-refractivity contribution in [2.75, 3.05) is 25.0 Å². The molecule has 1 aromatic carbocycles. The lowest BCUT2D eigenvalue weighted by molar-refractivity contribution is -0.127. The fourth-order valence-corrected chi connectivity index (χ4v) is 5.53. The van der Waals surface area contributed by atoms with E-state index in [0.29, 0.717) is 25.9 Å². The molecule has 37 heavy (non-hydrogen) atoms. The van der Waals surface area contributed by atoms with Crippen molar-refractivity contribution in [2.24, 2.45) is 5.92 Å². The lowest BCUT2D eigenvalue weighted by Crippen LogP contribution is -2.55. The smallest absolute Gasteiger partial charge is 0.243 e. The fourth-order valence-electron chi connectivity index (χ4n) is 5.53. The molecular weight excluding hydrogens is 468 g/mol. The Hall–Kier alpha value is -2.45. The minimum Gasteiger partial charge on any atom is -0.392 e. The Kier molecular flexibility index (Phi) is 10.5. The molecule has 0 spiro atoms. The molecule has 4 unspecified atom stereocenters. The Bertz CT molecular complexity index is 892. The highest BCUT2D eigenvalue weighted by Gasteiger charge is 2.36. The number of anilines is 1. The number of aliphatic hydroxyl groups excluding tert-OH is 1. The zero-order chi connectivity index (χ0) is 27.0. The fraction of sp³-hybridized carbons (Fsp3) is 0.690. The number of carbonyl (C=O) groups excluding carboxylic acids is 3. The maximum absolute atomic E-state index is 13.4. The van der Waals surface area contributed by atoms with E-state index in [-0.39, 0.29) is 47.4 Å². The summed E-state index contributed by atoms with van der Waals surface area (Å²) in [5, 5.41) is 17.9. The van der Waals surface area contributed by atoms with Gasteiger partial charge in [0, 0.05) is 38.3 Å². The highest BCUT2D eigenvalue weighted by atomic mass is 16.3. The summed E-state index contributed by atoms with van der Waals surface area (Å²) in [5.74, 6) is 0.145. The van der Waals surface area contributed by atoms with Crippen LogP contribution >= 0.6 is 0 Å². The predicted molar refractivity (Wildman–Crippen MR) is 147 cm³/mol. The normalized spacial score (nSPS) is 25.3. The van der Waals surface area contributed by atoms with Crippen LogP contribution in [0.1, 0.15) is 77.7 Å². The topological polar surface area (TPSA) is 111 Å². The summed E-state index contributed by atoms with van der Waals surface area (Å²) in [6, 6.07) is 8.33. The van der Waals surface area contributed by atoms with Gasteiger partial charge in [0.2, 0.25) is 11.8 Å². The van der Waals surface area contributed by atoms with Crippen LogP contribution in [0.3, 0.4) is 0 Å². The van der Waals surface area contributed by atoms with Crippen molar-refractivity contribution < 1.29 is 19.5 Å². The molecule has 4 atom stereocenters. The monoisotopic (exact) mass is 514 g/mol. The number of nitrogens with one attached hydrogen (secondary N) is 3. The quantitative estimate of drug-likeness (QED) is 0.435. The molecule has 1 saturated carbocycles. The number of amides is 2. The zero-order valence-electron chi connectivity index (χ0n) is 23.0. The average Bonchev–Trinajstić information content (AvgIpc) is 3.30. The number of hydrogen-bond acceptors (Lipinski definition) is 6. The summed E-state index contributed by atoms with van der Waals surface area (Å²) in [7, 11) is 1.99. The lowest BCUT2D eigenvalue weighted by Gasteiger charge is -2.38. The molecule has 0 aromatic heterocycles. The summed E-state index contributed by atoms with van der Waals surface area (Å²) in [6.45, 7) is 7.81. The molecule has 4 rings (SSSR count). The molecular formula is C29H46N4O4. The van der Waals surface area contributed by atoms with E-state index in [4.69, 9.17) is 5.11 Å². The van der Waals surface area contributed by atoms with E-state index in [1.54, 1.807) is 0 Å². The first-order valence-corrected chi connectivity index (χ1v) is 13.9. The Morgan fingerprint density at radius 1 is 1.14 bits per heavy atom. The van der Waals surface area contributed by atoms with Crippen molar-refractivity contribution >= 4 is 23.8 Å². The molecule has 8 nitrogen and oxygen atoms in total. The molecule has 0 bridgehead atoms. The number of carbonyl (C=O) groups is 3. The molecule has 2 saturated heterocycles. The molecule has 2 amide bonds. The number of piperidine rings is 1. The number of rotatable bonds is 6. The van der Waals surface area contributed by atoms with Crippen molar-refractivity contribution in [3.63, 3.8) is 0 Å². The van der Waals surface area contributed by atoms with Gasteiger partial charge < -0.3 is 30.8 Å². The zero-order valence-corrected chi connectivity index (χ0v) is 23.0. The van der Waals surface area contributed by atoms with E-state index in [0.717, 1.165) is 31.2 Å². The van der Waals surface area contributed by atoms with Crippen LogP contribution in [0.2, 0.25) is 0 Å². The molecule has 1 aliphatic carbocycles. The second-order valence-corrected chi connectivity index (χ2v) is 11.8. The molecule has 4 N–H and O–H groups in total. The number of benzene rings is 1. The first-order chi connectivity index (χ1) is 17.6. The maximum atomic E-state index is 13.4. The molecule has 0 radical (unpaired) electrons. The van der Waals surface area contributed by atoms with E-state index in [1.807, 2.05) is 7.05 Å². The third kappa shape index (κ3) is 8.54. The molecule has 2 aliphatic heterocycles. The SMILES string of the molecule is CN(c1ccc(C(C)(C)C)cc1)C(C(=O)NC1CCCCC1)C1CCNC(=O)C1.O=CC1CC(O)CN1. The Labute approximate surface area is 222 Å². The van der Waals surface area contributed by atoms with Gasteiger partial charge >= 0.3 is 0 Å². The second-order valence-electron chi connectivity index (χ2n) is 11.8. The van der Waals surface area contributed by atoms with Gasteiger partial charge in [0.15, 0.2) is 0 Å². The number of likely N-dealkylation sites (N-methyl/N-ethyl adjacent to an activating group) is 1. The van der Waals surface area contributed by atoms with Crippen molar-refractivity contribution in [1.82, 2.24) is 16.0 Å². The van der Waals surface area contributed by atoms with Gasteiger partial charge in [0.05, 0.1) is 12.1 Å². The van der Waals surface area contributed by atoms with Crippen LogP contribution in [0, 0.1) is 5.92 Å². The molecule has 1 aromatic rings. The Morgan fingerprint density at radius 3 is 2.32 bits per heavy atom. The van der Waals surface area contributed by atoms with Gasteiger partial charge in [-0.15, -0.1) is 0 Å². The van der Waals surface area contributed by atoms with Gasteiger partial charge in [0.25, 0.3) is 0 Å². The summed E-state index contributed by atoms with van der Waals surface area (Å²) in [6.07, 6.45) is 8.09. The van der Waals surface area contributed by atoms with Crippen LogP contribution < -0.4 is 20.9 Å². The molecule has 206 valence electrons. The highest BCUT2D eigenvalue weighted by Crippen LogP contribution is 2.29. The minimum atomic E-state index is -0.330. The van der Waals surface area contributed by atoms with Crippen LogP contribution in [0.15, 0.2) is 24.3 Å². The number of hydrogen-bond donors (Lipinski definition) is 4. The number of aliphatic hydroxyl groups is 1. The van der Waals surface area contributed by atoms with Gasteiger partial charge in [-0.1, -0.05) is 52.2 Å². The Balaban J connectivity index is 0.000000405. The lowest BCUT2D eigenvalue weighted by atomic mass is 9.86. The third-order valence-electron chi connectivity index (χ3n) is 7.82. The third-order valence-corrected chi connectivity index (χ3v) is 7.82. The van der Waals surface area contributed by atoms with Crippen LogP contribution in [-0.4, -0.2) is 67.6 Å². The molecule has 3 aliphatic rings. The van der Waals surface area contributed by atoms with Crippen molar-refractivity contribution in [3.8, 4) is 0 Å². The molecule has 8 heteroatoms. The number of aldehydes is 1. The van der Waals surface area contributed by atoms with E-state index < -0.39 is 0 Å². The van der Waals surface area contributed by atoms with Gasteiger partial charge in [0.1, 0.15) is 12.3 Å². The highest BCUT2D eigenvalue weighted by molar-refractivity contribution is 5.87. The van der Waals surface area contributed by atoms with Crippen molar-refractivity contribution in [2.45, 2.75) is 102 Å². The molecule has 3 fully saturated rings. The van der Waals surface area contributed by atoms with E-state index >= 15 is 0 Å². The number of nitrogens with zero attached hydrogens (tertiary/aromatic N) is 1. The van der Waals surface area contributed by atoms with Gasteiger partial charge in [-0.05, 0) is 54.7 Å². The standard InChI is InChI=1S/C24H37N3O2.C5H9NO2/c1-24(2,3)18-10-12-20(13-11-18)27(4)22(17-14-15-25-21(28)16-17)23(29)26-19-8-6-5-7-9-19;7-3-4-1-5(8)2-6-4/h10-13,17,19,22H,5-9,14-16H2,1-4H3,(H,25,28)(H,26,29);3-6,8H,1-2H2. The summed E-state index contributed by atoms with van der Waals surface area (Å²) in [5.41, 5.74) is 2.39. The first-order valence-electron chi connectivity index (χ1n) is 13.9. The van der Waals surface area contributed by atoms with Crippen molar-refractivity contribution in [3.05, 3.63) is 29.8 Å². The van der Waals surface area contributed by atoms with Crippen LogP contribution in [0.4, 0.5) is 5.69 Å². The minimum absolute atomic E-state index is 0.0274. The van der Waals surface area contributed by atoms with Crippen LogP contribution in [0.5, 0.6) is 0 Å². The second kappa shape index (κ2) is 13.4. The van der Waals surface area contributed by atoms with Gasteiger partial charge in [-0.2, -0.15) is 0 Å². The summed E-state index contributed by atoms with van der Waals surface area (Å²) >= 11 is 0.